The number of carbonyl (C=O) groups excluding carboxylic acids is 2. The molecule has 2 aliphatic heterocycles. The van der Waals surface area contributed by atoms with Gasteiger partial charge in [0.25, 0.3) is 0 Å². The molecule has 1 unspecified atom stereocenters. The lowest BCUT2D eigenvalue weighted by atomic mass is 9.56. The second kappa shape index (κ2) is 7.65. The van der Waals surface area contributed by atoms with Gasteiger partial charge in [0.2, 0.25) is 11.8 Å². The fourth-order valence-electron chi connectivity index (χ4n) is 5.06. The zero-order valence-corrected chi connectivity index (χ0v) is 15.5. The zero-order chi connectivity index (χ0) is 18.7. The molecule has 2 aromatic carbocycles. The molecule has 0 saturated carbocycles. The number of carbonyl (C=O) groups is 2. The quantitative estimate of drug-likeness (QED) is 0.821. The van der Waals surface area contributed by atoms with E-state index in [-0.39, 0.29) is 23.7 Å². The molecule has 4 rings (SSSR count). The highest BCUT2D eigenvalue weighted by Gasteiger charge is 2.54. The second-order valence-electron chi connectivity index (χ2n) is 7.70. The standard InChI is InChI=1S/C23H26N2O2/c26-20-11-14-23(22(27)25-20,19-12-15-24-16-13-19)21(17-7-3-1-4-8-17)18-9-5-2-6-10-18/h1-10,19,21,24H,11-16H2,(H,25,26,27). The molecule has 4 heteroatoms. The lowest BCUT2D eigenvalue weighted by Gasteiger charge is -2.48. The molecular formula is C23H26N2O2. The monoisotopic (exact) mass is 362 g/mol. The van der Waals surface area contributed by atoms with Gasteiger partial charge in [-0.25, -0.2) is 0 Å². The third-order valence-corrected chi connectivity index (χ3v) is 6.29. The Bertz CT molecular complexity index is 760. The topological polar surface area (TPSA) is 58.2 Å². The molecule has 0 spiro atoms. The number of benzene rings is 2. The number of hydrogen-bond acceptors (Lipinski definition) is 3. The summed E-state index contributed by atoms with van der Waals surface area (Å²) in [5.41, 5.74) is 1.69. The summed E-state index contributed by atoms with van der Waals surface area (Å²) in [6.07, 6.45) is 2.93. The van der Waals surface area contributed by atoms with Crippen molar-refractivity contribution in [3.05, 3.63) is 71.8 Å². The zero-order valence-electron chi connectivity index (χ0n) is 15.5. The summed E-state index contributed by atoms with van der Waals surface area (Å²) in [4.78, 5) is 25.5. The smallest absolute Gasteiger partial charge is 0.234 e. The Kier molecular flexibility index (Phi) is 5.08. The molecule has 0 aliphatic carbocycles. The highest BCUT2D eigenvalue weighted by Crippen LogP contribution is 2.53. The summed E-state index contributed by atoms with van der Waals surface area (Å²) in [5, 5.41) is 6.10. The first-order valence-corrected chi connectivity index (χ1v) is 9.87. The minimum atomic E-state index is -0.598. The fourth-order valence-corrected chi connectivity index (χ4v) is 5.06. The Morgan fingerprint density at radius 2 is 1.41 bits per heavy atom. The van der Waals surface area contributed by atoms with E-state index in [2.05, 4.69) is 34.9 Å². The van der Waals surface area contributed by atoms with E-state index in [1.165, 1.54) is 0 Å². The van der Waals surface area contributed by atoms with Crippen molar-refractivity contribution in [2.45, 2.75) is 31.6 Å². The van der Waals surface area contributed by atoms with Gasteiger partial charge in [-0.15, -0.1) is 0 Å². The third-order valence-electron chi connectivity index (χ3n) is 6.29. The molecular weight excluding hydrogens is 336 g/mol. The molecule has 4 nitrogen and oxygen atoms in total. The average Bonchev–Trinajstić information content (AvgIpc) is 2.72. The maximum atomic E-state index is 13.5. The Morgan fingerprint density at radius 1 is 0.852 bits per heavy atom. The van der Waals surface area contributed by atoms with Crippen LogP contribution in [-0.4, -0.2) is 24.9 Å². The second-order valence-corrected chi connectivity index (χ2v) is 7.70. The van der Waals surface area contributed by atoms with Gasteiger partial charge >= 0.3 is 0 Å². The van der Waals surface area contributed by atoms with Crippen molar-refractivity contribution in [3.63, 3.8) is 0 Å². The third kappa shape index (κ3) is 3.30. The van der Waals surface area contributed by atoms with Gasteiger partial charge in [-0.1, -0.05) is 60.7 Å². The van der Waals surface area contributed by atoms with Crippen molar-refractivity contribution in [2.75, 3.05) is 13.1 Å². The number of amides is 2. The normalized spacial score (nSPS) is 24.0. The summed E-state index contributed by atoms with van der Waals surface area (Å²) in [6, 6.07) is 20.6. The highest BCUT2D eigenvalue weighted by atomic mass is 16.2. The van der Waals surface area contributed by atoms with Gasteiger partial charge in [0.1, 0.15) is 0 Å². The molecule has 0 radical (unpaired) electrons. The van der Waals surface area contributed by atoms with Crippen LogP contribution in [0, 0.1) is 11.3 Å². The van der Waals surface area contributed by atoms with E-state index >= 15 is 0 Å². The van der Waals surface area contributed by atoms with Crippen molar-refractivity contribution < 1.29 is 9.59 Å². The number of hydrogen-bond donors (Lipinski definition) is 2. The first-order chi connectivity index (χ1) is 13.2. The summed E-state index contributed by atoms with van der Waals surface area (Å²) in [6.45, 7) is 1.84. The average molecular weight is 362 g/mol. The van der Waals surface area contributed by atoms with Gasteiger partial charge in [-0.3, -0.25) is 14.9 Å². The van der Waals surface area contributed by atoms with Crippen molar-refractivity contribution in [1.82, 2.24) is 10.6 Å². The SMILES string of the molecule is O=C1CCC(C2CCNCC2)(C(c2ccccc2)c2ccccc2)C(=O)N1. The lowest BCUT2D eigenvalue weighted by molar-refractivity contribution is -0.146. The molecule has 2 heterocycles. The van der Waals surface area contributed by atoms with Crippen LogP contribution < -0.4 is 10.6 Å². The van der Waals surface area contributed by atoms with Crippen molar-refractivity contribution >= 4 is 11.8 Å². The van der Waals surface area contributed by atoms with Gasteiger partial charge in [0, 0.05) is 12.3 Å². The number of rotatable bonds is 4. The molecule has 2 aliphatic rings. The maximum absolute atomic E-state index is 13.5. The highest BCUT2D eigenvalue weighted by molar-refractivity contribution is 6.01. The fraction of sp³-hybridized carbons (Fsp3) is 0.391. The minimum Gasteiger partial charge on any atom is -0.317 e. The van der Waals surface area contributed by atoms with Gasteiger partial charge in [-0.2, -0.15) is 0 Å². The van der Waals surface area contributed by atoms with Crippen LogP contribution in [0.2, 0.25) is 0 Å². The van der Waals surface area contributed by atoms with E-state index in [4.69, 9.17) is 0 Å². The van der Waals surface area contributed by atoms with E-state index < -0.39 is 5.41 Å². The molecule has 2 amide bonds. The van der Waals surface area contributed by atoms with E-state index in [1.807, 2.05) is 36.4 Å². The number of piperidine rings is 2. The molecule has 27 heavy (non-hydrogen) atoms. The maximum Gasteiger partial charge on any atom is 0.234 e. The largest absolute Gasteiger partial charge is 0.317 e. The van der Waals surface area contributed by atoms with Crippen molar-refractivity contribution in [2.24, 2.45) is 11.3 Å². The summed E-state index contributed by atoms with van der Waals surface area (Å²) in [7, 11) is 0. The Morgan fingerprint density at radius 3 is 1.93 bits per heavy atom. The van der Waals surface area contributed by atoms with Crippen LogP contribution >= 0.6 is 0 Å². The summed E-state index contributed by atoms with van der Waals surface area (Å²) < 4.78 is 0. The van der Waals surface area contributed by atoms with Gasteiger partial charge < -0.3 is 5.32 Å². The summed E-state index contributed by atoms with van der Waals surface area (Å²) >= 11 is 0. The van der Waals surface area contributed by atoms with Crippen LogP contribution in [-0.2, 0) is 9.59 Å². The number of nitrogens with one attached hydrogen (secondary N) is 2. The Balaban J connectivity index is 1.89. The van der Waals surface area contributed by atoms with E-state index in [0.29, 0.717) is 12.8 Å². The van der Waals surface area contributed by atoms with Crippen LogP contribution in [0.4, 0.5) is 0 Å². The van der Waals surface area contributed by atoms with E-state index in [9.17, 15) is 9.59 Å². The molecule has 140 valence electrons. The van der Waals surface area contributed by atoms with E-state index in [1.54, 1.807) is 0 Å². The van der Waals surface area contributed by atoms with E-state index in [0.717, 1.165) is 37.1 Å². The Hall–Kier alpha value is -2.46. The van der Waals surface area contributed by atoms with Crippen LogP contribution in [0.5, 0.6) is 0 Å². The molecule has 1 atom stereocenters. The van der Waals surface area contributed by atoms with Gasteiger partial charge in [0.15, 0.2) is 0 Å². The predicted molar refractivity (Wildman–Crippen MR) is 105 cm³/mol. The van der Waals surface area contributed by atoms with Crippen LogP contribution in [0.15, 0.2) is 60.7 Å². The van der Waals surface area contributed by atoms with Crippen LogP contribution in [0.3, 0.4) is 0 Å². The number of imide groups is 1. The lowest BCUT2D eigenvalue weighted by Crippen LogP contribution is -2.57. The molecule has 2 saturated heterocycles. The first kappa shape index (κ1) is 17.9. The van der Waals surface area contributed by atoms with Gasteiger partial charge in [-0.05, 0) is 49.4 Å². The van der Waals surface area contributed by atoms with Gasteiger partial charge in [0.05, 0.1) is 5.41 Å². The molecule has 2 aromatic rings. The van der Waals surface area contributed by atoms with Crippen LogP contribution in [0.1, 0.15) is 42.7 Å². The molecule has 2 N–H and O–H groups in total. The van der Waals surface area contributed by atoms with Crippen molar-refractivity contribution in [1.29, 1.82) is 0 Å². The van der Waals surface area contributed by atoms with Crippen molar-refractivity contribution in [3.8, 4) is 0 Å². The molecule has 0 aromatic heterocycles. The molecule has 2 fully saturated rings. The van der Waals surface area contributed by atoms with Crippen LogP contribution in [0.25, 0.3) is 0 Å². The molecule has 0 bridgehead atoms. The Labute approximate surface area is 160 Å². The predicted octanol–water partition coefficient (Wildman–Crippen LogP) is 3.24. The summed E-state index contributed by atoms with van der Waals surface area (Å²) in [5.74, 6) is -0.0545. The first-order valence-electron chi connectivity index (χ1n) is 9.87. The minimum absolute atomic E-state index is 0.0592.